The maximum absolute atomic E-state index is 12.5. The fourth-order valence-corrected chi connectivity index (χ4v) is 3.99. The van der Waals surface area contributed by atoms with Crippen LogP contribution in [-0.4, -0.2) is 22.9 Å². The molecular weight excluding hydrogens is 398 g/mol. The van der Waals surface area contributed by atoms with Crippen LogP contribution >= 0.6 is 0 Å². The van der Waals surface area contributed by atoms with E-state index in [1.165, 1.54) is 5.57 Å². The Balaban J connectivity index is 2.15. The Labute approximate surface area is 194 Å². The molecule has 0 spiro atoms. The number of carbonyl (C=O) groups is 1. The molecule has 0 bridgehead atoms. The van der Waals surface area contributed by atoms with Crippen LogP contribution in [0, 0.1) is 11.8 Å². The Hall–Kier alpha value is -2.33. The summed E-state index contributed by atoms with van der Waals surface area (Å²) in [6, 6.07) is 9.75. The molecule has 4 nitrogen and oxygen atoms in total. The highest BCUT2D eigenvalue weighted by molar-refractivity contribution is 5.67. The van der Waals surface area contributed by atoms with Gasteiger partial charge in [0.15, 0.2) is 0 Å². The number of nitrogens with one attached hydrogen (secondary N) is 1. The van der Waals surface area contributed by atoms with Crippen LogP contribution in [0.1, 0.15) is 72.3 Å². The van der Waals surface area contributed by atoms with Crippen molar-refractivity contribution < 1.29 is 14.6 Å². The molecule has 0 saturated carbocycles. The van der Waals surface area contributed by atoms with E-state index in [9.17, 15) is 9.90 Å². The first-order valence-corrected chi connectivity index (χ1v) is 11.9. The van der Waals surface area contributed by atoms with Crippen LogP contribution in [-0.2, 0) is 11.3 Å². The Kier molecular flexibility index (Phi) is 10.2. The molecule has 0 aliphatic heterocycles. The van der Waals surface area contributed by atoms with Gasteiger partial charge < -0.3 is 15.2 Å². The van der Waals surface area contributed by atoms with Crippen LogP contribution in [0.4, 0.5) is 4.79 Å². The molecule has 1 amide bonds. The van der Waals surface area contributed by atoms with Gasteiger partial charge in [0, 0.05) is 13.0 Å². The highest BCUT2D eigenvalue weighted by Crippen LogP contribution is 2.26. The lowest BCUT2D eigenvalue weighted by atomic mass is 9.86. The van der Waals surface area contributed by atoms with Crippen molar-refractivity contribution in [2.45, 2.75) is 85.0 Å². The summed E-state index contributed by atoms with van der Waals surface area (Å²) in [5.74, 6) is 0.902. The number of rotatable bonds is 4. The van der Waals surface area contributed by atoms with E-state index >= 15 is 0 Å². The normalized spacial score (nSPS) is 29.7. The molecule has 1 aliphatic carbocycles. The number of hydrogen-bond acceptors (Lipinski definition) is 3. The number of carbonyl (C=O) groups excluding carboxylic acids is 1. The molecule has 0 radical (unpaired) electrons. The van der Waals surface area contributed by atoms with Gasteiger partial charge in [-0.15, -0.1) is 0 Å². The largest absolute Gasteiger partial charge is 0.442 e. The highest BCUT2D eigenvalue weighted by Gasteiger charge is 2.25. The lowest BCUT2D eigenvalue weighted by Gasteiger charge is -2.26. The van der Waals surface area contributed by atoms with Gasteiger partial charge >= 0.3 is 6.09 Å². The topological polar surface area (TPSA) is 58.6 Å². The van der Waals surface area contributed by atoms with Crippen LogP contribution < -0.4 is 5.32 Å². The fourth-order valence-electron chi connectivity index (χ4n) is 3.99. The summed E-state index contributed by atoms with van der Waals surface area (Å²) < 4.78 is 5.74. The molecule has 0 aromatic heterocycles. The maximum Gasteiger partial charge on any atom is 0.407 e. The number of amides is 1. The van der Waals surface area contributed by atoms with Crippen LogP contribution in [0.5, 0.6) is 0 Å². The molecule has 0 fully saturated rings. The number of ether oxygens (including phenoxy) is 1. The van der Waals surface area contributed by atoms with E-state index in [1.807, 2.05) is 42.5 Å². The van der Waals surface area contributed by atoms with Crippen molar-refractivity contribution in [3.63, 3.8) is 0 Å². The molecule has 32 heavy (non-hydrogen) atoms. The third-order valence-electron chi connectivity index (χ3n) is 6.09. The highest BCUT2D eigenvalue weighted by atomic mass is 16.6. The first-order chi connectivity index (χ1) is 15.1. The number of allylic oxidation sites excluding steroid dienone is 4. The molecule has 1 aromatic carbocycles. The molecule has 3 atom stereocenters. The second-order valence-electron chi connectivity index (χ2n) is 9.75. The number of alkyl carbamates (subject to hydrolysis) is 1. The number of benzene rings is 1. The Morgan fingerprint density at radius 2 is 1.91 bits per heavy atom. The lowest BCUT2D eigenvalue weighted by molar-refractivity contribution is 0.0426. The van der Waals surface area contributed by atoms with Crippen molar-refractivity contribution in [1.82, 2.24) is 5.32 Å². The second kappa shape index (κ2) is 12.6. The molecule has 0 saturated heterocycles. The Morgan fingerprint density at radius 3 is 2.59 bits per heavy atom. The quantitative estimate of drug-likeness (QED) is 0.512. The smallest absolute Gasteiger partial charge is 0.407 e. The molecule has 176 valence electrons. The van der Waals surface area contributed by atoms with Crippen molar-refractivity contribution in [1.29, 1.82) is 0 Å². The summed E-state index contributed by atoms with van der Waals surface area (Å²) in [5.41, 5.74) is 2.52. The van der Waals surface area contributed by atoms with Crippen LogP contribution in [0.2, 0.25) is 0 Å². The molecule has 2 rings (SSSR count). The summed E-state index contributed by atoms with van der Waals surface area (Å²) in [5, 5.41) is 13.9. The predicted octanol–water partition coefficient (Wildman–Crippen LogP) is 6.72. The zero-order valence-corrected chi connectivity index (χ0v) is 20.4. The minimum atomic E-state index is -1.07. The van der Waals surface area contributed by atoms with E-state index in [1.54, 1.807) is 6.92 Å². The monoisotopic (exact) mass is 439 g/mol. The van der Waals surface area contributed by atoms with Crippen LogP contribution in [0.15, 0.2) is 65.8 Å². The Bertz CT molecular complexity index is 805. The minimum Gasteiger partial charge on any atom is -0.442 e. The maximum atomic E-state index is 12.5. The lowest BCUT2D eigenvalue weighted by Crippen LogP contribution is -2.33. The molecule has 0 heterocycles. The van der Waals surface area contributed by atoms with E-state index in [0.29, 0.717) is 24.8 Å². The first-order valence-electron chi connectivity index (χ1n) is 11.9. The molecule has 2 N–H and O–H groups in total. The van der Waals surface area contributed by atoms with Gasteiger partial charge in [-0.25, -0.2) is 4.79 Å². The molecule has 4 heteroatoms. The van der Waals surface area contributed by atoms with Gasteiger partial charge in [-0.2, -0.15) is 0 Å². The number of aliphatic hydroxyl groups is 1. The van der Waals surface area contributed by atoms with Gasteiger partial charge in [0.25, 0.3) is 0 Å². The van der Waals surface area contributed by atoms with E-state index in [-0.39, 0.29) is 0 Å². The van der Waals surface area contributed by atoms with Gasteiger partial charge in [0.2, 0.25) is 0 Å². The van der Waals surface area contributed by atoms with Gasteiger partial charge in [-0.05, 0) is 69.9 Å². The van der Waals surface area contributed by atoms with E-state index in [4.69, 9.17) is 4.74 Å². The third kappa shape index (κ3) is 9.86. The van der Waals surface area contributed by atoms with Gasteiger partial charge in [-0.1, -0.05) is 73.6 Å². The zero-order chi connectivity index (χ0) is 23.6. The van der Waals surface area contributed by atoms with Crippen molar-refractivity contribution in [3.8, 4) is 0 Å². The van der Waals surface area contributed by atoms with Crippen molar-refractivity contribution in [2.75, 3.05) is 0 Å². The minimum absolute atomic E-state index is 0.319. The molecule has 1 aliphatic rings. The predicted molar refractivity (Wildman–Crippen MR) is 132 cm³/mol. The van der Waals surface area contributed by atoms with Gasteiger partial charge in [0.1, 0.15) is 6.10 Å². The van der Waals surface area contributed by atoms with Crippen molar-refractivity contribution in [2.24, 2.45) is 11.8 Å². The second-order valence-corrected chi connectivity index (χ2v) is 9.75. The van der Waals surface area contributed by atoms with E-state index in [0.717, 1.165) is 36.8 Å². The summed E-state index contributed by atoms with van der Waals surface area (Å²) in [4.78, 5) is 12.5. The third-order valence-corrected chi connectivity index (χ3v) is 6.09. The zero-order valence-electron chi connectivity index (χ0n) is 20.4. The fraction of sp³-hybridized carbons (Fsp3) is 0.536. The number of hydrogen-bond donors (Lipinski definition) is 2. The van der Waals surface area contributed by atoms with Crippen LogP contribution in [0.25, 0.3) is 0 Å². The molecular formula is C28H41NO3. The molecule has 1 aromatic rings. The SMILES string of the molecule is C/C1=C\[C@H](OC(=O)NCc2ccccc2)C[C@@](C)(O)/C=C/[C@H](C(C)C)CC/C(C)=C/CC1. The van der Waals surface area contributed by atoms with Gasteiger partial charge in [0.05, 0.1) is 5.60 Å². The van der Waals surface area contributed by atoms with Gasteiger partial charge in [-0.3, -0.25) is 0 Å². The van der Waals surface area contributed by atoms with Crippen molar-refractivity contribution in [3.05, 3.63) is 71.3 Å². The summed E-state index contributed by atoms with van der Waals surface area (Å²) in [7, 11) is 0. The average Bonchev–Trinajstić information content (AvgIpc) is 2.71. The summed E-state index contributed by atoms with van der Waals surface area (Å²) in [6.45, 7) is 10.9. The van der Waals surface area contributed by atoms with E-state index in [2.05, 4.69) is 45.2 Å². The molecule has 0 unspecified atom stereocenters. The Morgan fingerprint density at radius 1 is 1.19 bits per heavy atom. The van der Waals surface area contributed by atoms with Crippen molar-refractivity contribution >= 4 is 6.09 Å². The summed E-state index contributed by atoms with van der Waals surface area (Å²) >= 11 is 0. The average molecular weight is 440 g/mol. The first kappa shape index (κ1) is 25.9. The standard InChI is InChI=1S/C28H41NO3/c1-21(2)25-15-14-22(3)10-9-11-23(4)18-26(19-28(5,31)17-16-25)32-27(30)29-20-24-12-7-6-8-13-24/h6-8,10,12-13,16-18,21,25-26,31H,9,11,14-15,19-20H2,1-5H3,(H,29,30)/b17-16+,22-10+,23-18+/t25-,26+,28+/m1/s1. The van der Waals surface area contributed by atoms with E-state index < -0.39 is 17.8 Å². The van der Waals surface area contributed by atoms with Crippen LogP contribution in [0.3, 0.4) is 0 Å². The summed E-state index contributed by atoms with van der Waals surface area (Å²) in [6.07, 6.45) is 11.7.